The summed E-state index contributed by atoms with van der Waals surface area (Å²) in [5.74, 6) is 1.80. The molecule has 8 nitrogen and oxygen atoms in total. The smallest absolute Gasteiger partial charge is 0.284 e. The minimum absolute atomic E-state index is 0.173. The number of guanidine groups is 1. The van der Waals surface area contributed by atoms with E-state index in [4.69, 9.17) is 14.9 Å². The Hall–Kier alpha value is -2.06. The van der Waals surface area contributed by atoms with Crippen molar-refractivity contribution in [1.82, 2.24) is 15.1 Å². The number of nitrogens with one attached hydrogen (secondary N) is 1. The van der Waals surface area contributed by atoms with Crippen LogP contribution in [0.4, 0.5) is 0 Å². The van der Waals surface area contributed by atoms with Crippen LogP contribution in [0.25, 0.3) is 0 Å². The highest BCUT2D eigenvalue weighted by molar-refractivity contribution is 5.89. The second kappa shape index (κ2) is 9.05. The van der Waals surface area contributed by atoms with E-state index in [1.54, 1.807) is 12.1 Å². The Labute approximate surface area is 154 Å². The van der Waals surface area contributed by atoms with Crippen LogP contribution < -0.4 is 11.1 Å². The summed E-state index contributed by atoms with van der Waals surface area (Å²) in [6, 6.07) is 3.34. The van der Waals surface area contributed by atoms with Crippen molar-refractivity contribution in [3.05, 3.63) is 23.7 Å². The Kier molecular flexibility index (Phi) is 6.51. The van der Waals surface area contributed by atoms with Crippen LogP contribution in [-0.2, 0) is 11.3 Å². The van der Waals surface area contributed by atoms with Crippen LogP contribution in [0, 0.1) is 5.92 Å². The molecule has 2 saturated heterocycles. The molecule has 2 fully saturated rings. The van der Waals surface area contributed by atoms with Gasteiger partial charge in [-0.15, -0.1) is 0 Å². The maximum atomic E-state index is 11.1. The minimum Gasteiger partial charge on any atom is -0.454 e. The first-order valence-electron chi connectivity index (χ1n) is 9.37. The van der Waals surface area contributed by atoms with Gasteiger partial charge in [-0.1, -0.05) is 0 Å². The Balaban J connectivity index is 1.55. The minimum atomic E-state index is -0.558. The molecule has 0 bridgehead atoms. The zero-order valence-electron chi connectivity index (χ0n) is 15.4. The lowest BCUT2D eigenvalue weighted by atomic mass is 10.1. The Bertz CT molecular complexity index is 624. The summed E-state index contributed by atoms with van der Waals surface area (Å²) in [5.41, 5.74) is 5.22. The first-order valence-corrected chi connectivity index (χ1v) is 9.37. The predicted octanol–water partition coefficient (Wildman–Crippen LogP) is 0.498. The molecule has 8 heteroatoms. The van der Waals surface area contributed by atoms with Gasteiger partial charge in [0.05, 0.1) is 13.2 Å². The summed E-state index contributed by atoms with van der Waals surface area (Å²) in [6.45, 7) is 10.2. The first kappa shape index (κ1) is 18.7. The number of primary amides is 1. The predicted molar refractivity (Wildman–Crippen MR) is 99.0 cm³/mol. The summed E-state index contributed by atoms with van der Waals surface area (Å²) < 4.78 is 10.8. The highest BCUT2D eigenvalue weighted by Gasteiger charge is 2.27. The second-order valence-corrected chi connectivity index (χ2v) is 6.81. The molecule has 2 aliphatic heterocycles. The highest BCUT2D eigenvalue weighted by atomic mass is 16.5. The first-order chi connectivity index (χ1) is 12.7. The Morgan fingerprint density at radius 3 is 2.85 bits per heavy atom. The lowest BCUT2D eigenvalue weighted by Crippen LogP contribution is -2.42. The molecule has 26 heavy (non-hydrogen) atoms. The number of aliphatic imine (C=N–C) groups is 1. The monoisotopic (exact) mass is 363 g/mol. The average Bonchev–Trinajstić information content (AvgIpc) is 3.29. The summed E-state index contributed by atoms with van der Waals surface area (Å²) in [6.07, 6.45) is 1.17. The van der Waals surface area contributed by atoms with Gasteiger partial charge in [0.15, 0.2) is 11.7 Å². The van der Waals surface area contributed by atoms with Crippen LogP contribution in [0.2, 0.25) is 0 Å². The number of furan rings is 1. The SMILES string of the molecule is CCNC(=NCc1ccc(C(N)=O)o1)N1CCC(CN2CCOCC2)C1. The molecule has 0 saturated carbocycles. The highest BCUT2D eigenvalue weighted by Crippen LogP contribution is 2.18. The topological polar surface area (TPSA) is 96.3 Å². The molecule has 0 spiro atoms. The van der Waals surface area contributed by atoms with Crippen LogP contribution >= 0.6 is 0 Å². The molecule has 3 rings (SSSR count). The second-order valence-electron chi connectivity index (χ2n) is 6.81. The van der Waals surface area contributed by atoms with Gasteiger partial charge >= 0.3 is 0 Å². The van der Waals surface area contributed by atoms with Crippen molar-refractivity contribution in [2.75, 3.05) is 52.5 Å². The van der Waals surface area contributed by atoms with Gasteiger partial charge in [-0.05, 0) is 31.4 Å². The number of nitrogens with two attached hydrogens (primary N) is 1. The molecule has 1 aromatic rings. The lowest BCUT2D eigenvalue weighted by Gasteiger charge is -2.29. The molecular weight excluding hydrogens is 334 g/mol. The third-order valence-corrected chi connectivity index (χ3v) is 4.83. The number of hydrogen-bond donors (Lipinski definition) is 2. The molecule has 1 amide bonds. The summed E-state index contributed by atoms with van der Waals surface area (Å²) >= 11 is 0. The molecule has 1 aromatic heterocycles. The van der Waals surface area contributed by atoms with E-state index in [0.717, 1.165) is 58.4 Å². The zero-order valence-corrected chi connectivity index (χ0v) is 15.4. The van der Waals surface area contributed by atoms with Crippen molar-refractivity contribution in [3.8, 4) is 0 Å². The van der Waals surface area contributed by atoms with E-state index in [2.05, 4.69) is 27.0 Å². The van der Waals surface area contributed by atoms with Gasteiger partial charge in [0.2, 0.25) is 0 Å². The molecule has 1 atom stereocenters. The molecule has 144 valence electrons. The van der Waals surface area contributed by atoms with E-state index in [-0.39, 0.29) is 5.76 Å². The van der Waals surface area contributed by atoms with E-state index < -0.39 is 5.91 Å². The molecule has 1 unspecified atom stereocenters. The van der Waals surface area contributed by atoms with E-state index in [0.29, 0.717) is 18.2 Å². The van der Waals surface area contributed by atoms with Crippen LogP contribution in [0.1, 0.15) is 29.7 Å². The van der Waals surface area contributed by atoms with Crippen LogP contribution in [0.5, 0.6) is 0 Å². The number of likely N-dealkylation sites (tertiary alicyclic amines) is 1. The molecule has 0 aliphatic carbocycles. The number of nitrogens with zero attached hydrogens (tertiary/aromatic N) is 3. The third kappa shape index (κ3) is 4.98. The summed E-state index contributed by atoms with van der Waals surface area (Å²) in [7, 11) is 0. The molecule has 3 heterocycles. The van der Waals surface area contributed by atoms with Crippen LogP contribution in [0.3, 0.4) is 0 Å². The van der Waals surface area contributed by atoms with Crippen molar-refractivity contribution in [2.45, 2.75) is 19.9 Å². The number of hydrogen-bond acceptors (Lipinski definition) is 5. The maximum Gasteiger partial charge on any atom is 0.284 e. The van der Waals surface area contributed by atoms with Crippen molar-refractivity contribution in [3.63, 3.8) is 0 Å². The van der Waals surface area contributed by atoms with Crippen LogP contribution in [-0.4, -0.2) is 74.1 Å². The van der Waals surface area contributed by atoms with Crippen molar-refractivity contribution >= 4 is 11.9 Å². The van der Waals surface area contributed by atoms with Gasteiger partial charge in [-0.2, -0.15) is 0 Å². The normalized spacial score (nSPS) is 22.0. The number of ether oxygens (including phenoxy) is 1. The summed E-state index contributed by atoms with van der Waals surface area (Å²) in [4.78, 5) is 20.6. The molecular formula is C18H29N5O3. The van der Waals surface area contributed by atoms with Crippen molar-refractivity contribution < 1.29 is 13.9 Å². The molecule has 2 aliphatic rings. The standard InChI is InChI=1S/C18H29N5O3/c1-2-20-18(21-11-15-3-4-16(26-15)17(19)24)23-6-5-14(13-23)12-22-7-9-25-10-8-22/h3-4,14H,2,5-13H2,1H3,(H2,19,24)(H,20,21). The van der Waals surface area contributed by atoms with E-state index in [1.165, 1.54) is 6.42 Å². The lowest BCUT2D eigenvalue weighted by molar-refractivity contribution is 0.0315. The fraction of sp³-hybridized carbons (Fsp3) is 0.667. The quantitative estimate of drug-likeness (QED) is 0.564. The number of carbonyl (C=O) groups is 1. The molecule has 3 N–H and O–H groups in total. The fourth-order valence-corrected chi connectivity index (χ4v) is 3.50. The van der Waals surface area contributed by atoms with Gasteiger partial charge < -0.3 is 25.1 Å². The zero-order chi connectivity index (χ0) is 18.4. The van der Waals surface area contributed by atoms with Crippen molar-refractivity contribution in [1.29, 1.82) is 0 Å². The van der Waals surface area contributed by atoms with E-state index >= 15 is 0 Å². The fourth-order valence-electron chi connectivity index (χ4n) is 3.50. The van der Waals surface area contributed by atoms with Gasteiger partial charge in [-0.25, -0.2) is 4.99 Å². The van der Waals surface area contributed by atoms with Gasteiger partial charge in [0.25, 0.3) is 5.91 Å². The number of carbonyl (C=O) groups excluding carboxylic acids is 1. The number of amides is 1. The van der Waals surface area contributed by atoms with Gasteiger partial charge in [0.1, 0.15) is 12.3 Å². The largest absolute Gasteiger partial charge is 0.454 e. The van der Waals surface area contributed by atoms with Crippen LogP contribution in [0.15, 0.2) is 21.5 Å². The third-order valence-electron chi connectivity index (χ3n) is 4.83. The molecule has 0 radical (unpaired) electrons. The molecule has 0 aromatic carbocycles. The van der Waals surface area contributed by atoms with E-state index in [9.17, 15) is 4.79 Å². The Morgan fingerprint density at radius 2 is 2.15 bits per heavy atom. The van der Waals surface area contributed by atoms with Gasteiger partial charge in [-0.3, -0.25) is 9.69 Å². The number of rotatable bonds is 6. The Morgan fingerprint density at radius 1 is 1.35 bits per heavy atom. The van der Waals surface area contributed by atoms with Gasteiger partial charge in [0, 0.05) is 39.3 Å². The summed E-state index contributed by atoms with van der Waals surface area (Å²) in [5, 5.41) is 3.36. The van der Waals surface area contributed by atoms with E-state index in [1.807, 2.05) is 0 Å². The average molecular weight is 363 g/mol. The number of morpholine rings is 1. The van der Waals surface area contributed by atoms with Crippen molar-refractivity contribution in [2.24, 2.45) is 16.6 Å². The maximum absolute atomic E-state index is 11.1.